The van der Waals surface area contributed by atoms with E-state index >= 15 is 0 Å². The third-order valence-corrected chi connectivity index (χ3v) is 3.72. The van der Waals surface area contributed by atoms with Crippen LogP contribution in [0.5, 0.6) is 0 Å². The molecule has 1 heterocycles. The second-order valence-electron chi connectivity index (χ2n) is 4.09. The number of halogens is 1. The van der Waals surface area contributed by atoms with Crippen LogP contribution in [0.15, 0.2) is 29.6 Å². The molecule has 0 bridgehead atoms. The zero-order valence-corrected chi connectivity index (χ0v) is 11.1. The maximum Gasteiger partial charge on any atom is 0.256 e. The Morgan fingerprint density at radius 2 is 2.17 bits per heavy atom. The molecule has 2 rings (SSSR count). The van der Waals surface area contributed by atoms with Crippen molar-refractivity contribution >= 4 is 22.9 Å². The molecule has 0 aliphatic rings. The summed E-state index contributed by atoms with van der Waals surface area (Å²) in [7, 11) is 0. The van der Waals surface area contributed by atoms with Crippen molar-refractivity contribution < 1.29 is 9.18 Å². The fourth-order valence-corrected chi connectivity index (χ4v) is 2.43. The van der Waals surface area contributed by atoms with Gasteiger partial charge in [0.05, 0.1) is 11.3 Å². The second kappa shape index (κ2) is 5.31. The maximum atomic E-state index is 13.5. The molecule has 2 nitrogen and oxygen atoms in total. The molecule has 0 unspecified atom stereocenters. The molecule has 0 atom stereocenters. The smallest absolute Gasteiger partial charge is 0.256 e. The van der Waals surface area contributed by atoms with E-state index in [1.54, 1.807) is 28.8 Å². The maximum absolute atomic E-state index is 13.5. The zero-order valence-electron chi connectivity index (χ0n) is 10.3. The van der Waals surface area contributed by atoms with Gasteiger partial charge in [0.1, 0.15) is 5.82 Å². The monoisotopic (exact) mass is 263 g/mol. The van der Waals surface area contributed by atoms with Crippen molar-refractivity contribution in [2.75, 3.05) is 5.32 Å². The Kier molecular flexibility index (Phi) is 3.77. The highest BCUT2D eigenvalue weighted by molar-refractivity contribution is 7.10. The Morgan fingerprint density at radius 3 is 2.83 bits per heavy atom. The van der Waals surface area contributed by atoms with Crippen LogP contribution in [0.4, 0.5) is 10.1 Å². The van der Waals surface area contributed by atoms with Crippen LogP contribution < -0.4 is 5.32 Å². The fraction of sp³-hybridized carbons (Fsp3) is 0.214. The lowest BCUT2D eigenvalue weighted by Crippen LogP contribution is -2.12. The third-order valence-electron chi connectivity index (χ3n) is 2.63. The van der Waals surface area contributed by atoms with E-state index in [0.29, 0.717) is 5.56 Å². The van der Waals surface area contributed by atoms with Gasteiger partial charge in [-0.1, -0.05) is 13.0 Å². The molecule has 0 saturated carbocycles. The van der Waals surface area contributed by atoms with Gasteiger partial charge in [0.25, 0.3) is 5.91 Å². The van der Waals surface area contributed by atoms with E-state index < -0.39 is 5.82 Å². The Hall–Kier alpha value is -1.68. The van der Waals surface area contributed by atoms with Crippen LogP contribution in [0, 0.1) is 12.7 Å². The van der Waals surface area contributed by atoms with Crippen LogP contribution in [0.1, 0.15) is 27.7 Å². The van der Waals surface area contributed by atoms with Crippen molar-refractivity contribution in [1.29, 1.82) is 0 Å². The van der Waals surface area contributed by atoms with Gasteiger partial charge in [-0.15, -0.1) is 11.3 Å². The van der Waals surface area contributed by atoms with Crippen LogP contribution in [0.25, 0.3) is 0 Å². The van der Waals surface area contributed by atoms with Crippen molar-refractivity contribution in [1.82, 2.24) is 0 Å². The first kappa shape index (κ1) is 12.8. The number of benzene rings is 1. The van der Waals surface area contributed by atoms with E-state index in [9.17, 15) is 9.18 Å². The second-order valence-corrected chi connectivity index (χ2v) is 5.09. The van der Waals surface area contributed by atoms with E-state index in [2.05, 4.69) is 5.32 Å². The molecule has 94 valence electrons. The van der Waals surface area contributed by atoms with E-state index in [4.69, 9.17) is 0 Å². The van der Waals surface area contributed by atoms with Crippen molar-refractivity contribution in [3.8, 4) is 0 Å². The van der Waals surface area contributed by atoms with Gasteiger partial charge >= 0.3 is 0 Å². The molecule has 2 aromatic rings. The first-order valence-corrected chi connectivity index (χ1v) is 6.63. The number of carbonyl (C=O) groups is 1. The summed E-state index contributed by atoms with van der Waals surface area (Å²) in [6.07, 6.45) is 0.900. The van der Waals surface area contributed by atoms with Gasteiger partial charge in [0, 0.05) is 10.3 Å². The lowest BCUT2D eigenvalue weighted by molar-refractivity contribution is 0.102. The van der Waals surface area contributed by atoms with Gasteiger partial charge in [0.15, 0.2) is 0 Å². The predicted octanol–water partition coefficient (Wildman–Crippen LogP) is 4.01. The van der Waals surface area contributed by atoms with Crippen molar-refractivity contribution in [3.05, 3.63) is 51.5 Å². The molecule has 0 radical (unpaired) electrons. The molecule has 1 aromatic heterocycles. The molecule has 0 aliphatic heterocycles. The average molecular weight is 263 g/mol. The number of thiophene rings is 1. The van der Waals surface area contributed by atoms with E-state index in [-0.39, 0.29) is 11.6 Å². The van der Waals surface area contributed by atoms with Crippen LogP contribution in [-0.2, 0) is 6.42 Å². The highest BCUT2D eigenvalue weighted by Gasteiger charge is 2.11. The third kappa shape index (κ3) is 2.76. The minimum atomic E-state index is -0.417. The van der Waals surface area contributed by atoms with Crippen molar-refractivity contribution in [3.63, 3.8) is 0 Å². The molecule has 1 amide bonds. The first-order chi connectivity index (χ1) is 8.60. The zero-order chi connectivity index (χ0) is 13.1. The topological polar surface area (TPSA) is 29.1 Å². The van der Waals surface area contributed by atoms with Crippen molar-refractivity contribution in [2.24, 2.45) is 0 Å². The van der Waals surface area contributed by atoms with Gasteiger partial charge < -0.3 is 5.32 Å². The van der Waals surface area contributed by atoms with Crippen molar-refractivity contribution in [2.45, 2.75) is 20.3 Å². The molecule has 18 heavy (non-hydrogen) atoms. The van der Waals surface area contributed by atoms with Gasteiger partial charge in [-0.2, -0.15) is 0 Å². The average Bonchev–Trinajstić information content (AvgIpc) is 2.82. The largest absolute Gasteiger partial charge is 0.319 e. The molecule has 1 aromatic carbocycles. The Morgan fingerprint density at radius 1 is 1.39 bits per heavy atom. The molecule has 0 aliphatic carbocycles. The Balaban J connectivity index is 2.18. The normalized spacial score (nSPS) is 10.4. The van der Waals surface area contributed by atoms with Crippen LogP contribution in [-0.4, -0.2) is 5.91 Å². The van der Waals surface area contributed by atoms with E-state index in [1.165, 1.54) is 6.07 Å². The minimum Gasteiger partial charge on any atom is -0.319 e. The Bertz CT molecular complexity index is 577. The van der Waals surface area contributed by atoms with Gasteiger partial charge in [0.2, 0.25) is 0 Å². The van der Waals surface area contributed by atoms with Gasteiger partial charge in [-0.25, -0.2) is 4.39 Å². The van der Waals surface area contributed by atoms with Gasteiger partial charge in [-0.05, 0) is 37.1 Å². The summed E-state index contributed by atoms with van der Waals surface area (Å²) in [5.74, 6) is -0.685. The summed E-state index contributed by atoms with van der Waals surface area (Å²) in [4.78, 5) is 13.1. The standard InChI is InChI=1S/C14H14FNOS/c1-3-11-7-10(8-18-11)14(17)16-13-6-9(2)4-5-12(13)15/h4-8H,3H2,1-2H3,(H,16,17). The molecule has 0 saturated heterocycles. The number of carbonyl (C=O) groups excluding carboxylic acids is 1. The number of nitrogens with one attached hydrogen (secondary N) is 1. The fourth-order valence-electron chi connectivity index (χ4n) is 1.61. The summed E-state index contributed by atoms with van der Waals surface area (Å²) in [6, 6.07) is 6.49. The molecule has 0 spiro atoms. The summed E-state index contributed by atoms with van der Waals surface area (Å²) in [5, 5.41) is 4.39. The predicted molar refractivity (Wildman–Crippen MR) is 72.8 cm³/mol. The van der Waals surface area contributed by atoms with Crippen LogP contribution in [0.2, 0.25) is 0 Å². The lowest BCUT2D eigenvalue weighted by Gasteiger charge is -2.06. The van der Waals surface area contributed by atoms with E-state index in [0.717, 1.165) is 16.9 Å². The number of amides is 1. The summed E-state index contributed by atoms with van der Waals surface area (Å²) in [6.45, 7) is 3.89. The number of hydrogen-bond donors (Lipinski definition) is 1. The number of hydrogen-bond acceptors (Lipinski definition) is 2. The molecule has 4 heteroatoms. The molecular formula is C14H14FNOS. The Labute approximate surface area is 109 Å². The van der Waals surface area contributed by atoms with Gasteiger partial charge in [-0.3, -0.25) is 4.79 Å². The van der Waals surface area contributed by atoms with Crippen LogP contribution in [0.3, 0.4) is 0 Å². The van der Waals surface area contributed by atoms with Crippen LogP contribution >= 0.6 is 11.3 Å². The molecule has 0 fully saturated rings. The summed E-state index contributed by atoms with van der Waals surface area (Å²) in [5.41, 5.74) is 1.72. The highest BCUT2D eigenvalue weighted by atomic mass is 32.1. The van der Waals surface area contributed by atoms with E-state index in [1.807, 2.05) is 19.9 Å². The lowest BCUT2D eigenvalue weighted by atomic mass is 10.2. The summed E-state index contributed by atoms with van der Waals surface area (Å²) < 4.78 is 13.5. The number of anilines is 1. The summed E-state index contributed by atoms with van der Waals surface area (Å²) >= 11 is 1.54. The number of rotatable bonds is 3. The SMILES string of the molecule is CCc1cc(C(=O)Nc2cc(C)ccc2F)cs1. The number of aryl methyl sites for hydroxylation is 2. The minimum absolute atomic E-state index is 0.226. The molecule has 1 N–H and O–H groups in total. The molecular weight excluding hydrogens is 249 g/mol. The first-order valence-electron chi connectivity index (χ1n) is 5.75. The highest BCUT2D eigenvalue weighted by Crippen LogP contribution is 2.19. The quantitative estimate of drug-likeness (QED) is 0.890.